The molecule has 1 saturated carbocycles. The molecule has 0 N–H and O–H groups in total. The van der Waals surface area contributed by atoms with Crippen molar-refractivity contribution in [1.82, 2.24) is 0 Å². The van der Waals surface area contributed by atoms with E-state index < -0.39 is 0 Å². The largest absolute Gasteiger partial charge is 0.300 e. The molecule has 2 rings (SSSR count). The van der Waals surface area contributed by atoms with Crippen molar-refractivity contribution >= 4 is 21.7 Å². The molecule has 0 heterocycles. The first-order valence-corrected chi connectivity index (χ1v) is 5.23. The lowest BCUT2D eigenvalue weighted by molar-refractivity contribution is -0.118. The highest BCUT2D eigenvalue weighted by Gasteiger charge is 2.41. The standard InChI is InChI=1S/C11H11BrO/c1-7(13)10-6-11(10)8-3-2-4-9(12)5-8/h2-5,10-11H,6H2,1H3/t10-,11-/m1/s1. The van der Waals surface area contributed by atoms with Gasteiger partial charge in [0.1, 0.15) is 5.78 Å². The van der Waals surface area contributed by atoms with E-state index in [0.717, 1.165) is 10.9 Å². The summed E-state index contributed by atoms with van der Waals surface area (Å²) >= 11 is 3.43. The van der Waals surface area contributed by atoms with Crippen molar-refractivity contribution in [2.45, 2.75) is 19.3 Å². The number of hydrogen-bond acceptors (Lipinski definition) is 1. The molecule has 1 fully saturated rings. The lowest BCUT2D eigenvalue weighted by Gasteiger charge is -1.98. The van der Waals surface area contributed by atoms with Gasteiger partial charge in [0.15, 0.2) is 0 Å². The summed E-state index contributed by atoms with van der Waals surface area (Å²) in [6.45, 7) is 1.68. The Morgan fingerprint density at radius 3 is 2.85 bits per heavy atom. The zero-order valence-corrected chi connectivity index (χ0v) is 9.04. The van der Waals surface area contributed by atoms with E-state index in [4.69, 9.17) is 0 Å². The van der Waals surface area contributed by atoms with Gasteiger partial charge in [0.25, 0.3) is 0 Å². The molecule has 0 bridgehead atoms. The fourth-order valence-electron chi connectivity index (χ4n) is 1.75. The lowest BCUT2D eigenvalue weighted by atomic mass is 10.1. The Bertz CT molecular complexity index is 346. The smallest absolute Gasteiger partial charge is 0.133 e. The maximum absolute atomic E-state index is 11.1. The van der Waals surface area contributed by atoms with Gasteiger partial charge in [-0.05, 0) is 37.0 Å². The van der Waals surface area contributed by atoms with Crippen molar-refractivity contribution in [3.05, 3.63) is 34.3 Å². The summed E-state index contributed by atoms with van der Waals surface area (Å²) in [5, 5.41) is 0. The number of carbonyl (C=O) groups is 1. The summed E-state index contributed by atoms with van der Waals surface area (Å²) < 4.78 is 1.10. The van der Waals surface area contributed by atoms with Crippen LogP contribution >= 0.6 is 15.9 Å². The second kappa shape index (κ2) is 3.26. The first-order chi connectivity index (χ1) is 6.18. The SMILES string of the molecule is CC(=O)[C@H]1C[C@@H]1c1cccc(Br)c1. The maximum atomic E-state index is 11.1. The lowest BCUT2D eigenvalue weighted by Crippen LogP contribution is -1.94. The Kier molecular flexibility index (Phi) is 2.24. The molecule has 1 aliphatic rings. The van der Waals surface area contributed by atoms with Crippen LogP contribution < -0.4 is 0 Å². The Balaban J connectivity index is 2.16. The number of rotatable bonds is 2. The molecule has 2 atom stereocenters. The number of Topliss-reactive ketones (excluding diaryl/α,β-unsaturated/α-hetero) is 1. The minimum atomic E-state index is 0.286. The van der Waals surface area contributed by atoms with Gasteiger partial charge in [0, 0.05) is 10.4 Å². The average molecular weight is 239 g/mol. The molecule has 0 spiro atoms. The summed E-state index contributed by atoms with van der Waals surface area (Å²) in [4.78, 5) is 11.1. The highest BCUT2D eigenvalue weighted by molar-refractivity contribution is 9.10. The van der Waals surface area contributed by atoms with Crippen molar-refractivity contribution in [3.63, 3.8) is 0 Å². The highest BCUT2D eigenvalue weighted by atomic mass is 79.9. The van der Waals surface area contributed by atoms with Crippen molar-refractivity contribution in [2.75, 3.05) is 0 Å². The first kappa shape index (κ1) is 8.95. The molecule has 0 aliphatic heterocycles. The van der Waals surface area contributed by atoms with Gasteiger partial charge in [-0.1, -0.05) is 28.1 Å². The highest BCUT2D eigenvalue weighted by Crippen LogP contribution is 2.48. The van der Waals surface area contributed by atoms with Gasteiger partial charge in [-0.3, -0.25) is 4.79 Å². The van der Waals surface area contributed by atoms with E-state index in [2.05, 4.69) is 28.1 Å². The molecule has 1 aromatic rings. The van der Waals surface area contributed by atoms with E-state index in [-0.39, 0.29) is 5.92 Å². The molecule has 1 nitrogen and oxygen atoms in total. The Morgan fingerprint density at radius 2 is 2.31 bits per heavy atom. The van der Waals surface area contributed by atoms with Crippen LogP contribution in [0.5, 0.6) is 0 Å². The predicted octanol–water partition coefficient (Wildman–Crippen LogP) is 3.14. The predicted molar refractivity (Wildman–Crippen MR) is 55.7 cm³/mol. The molecule has 0 saturated heterocycles. The van der Waals surface area contributed by atoms with Crippen molar-refractivity contribution < 1.29 is 4.79 Å². The van der Waals surface area contributed by atoms with E-state index in [1.165, 1.54) is 5.56 Å². The number of benzene rings is 1. The van der Waals surface area contributed by atoms with Gasteiger partial charge in [-0.25, -0.2) is 0 Å². The second-order valence-electron chi connectivity index (χ2n) is 3.61. The number of ketones is 1. The van der Waals surface area contributed by atoms with Crippen molar-refractivity contribution in [1.29, 1.82) is 0 Å². The molecule has 1 aliphatic carbocycles. The molecule has 0 amide bonds. The van der Waals surface area contributed by atoms with Gasteiger partial charge >= 0.3 is 0 Å². The van der Waals surface area contributed by atoms with Gasteiger partial charge in [0.2, 0.25) is 0 Å². The Labute approximate surface area is 86.3 Å². The van der Waals surface area contributed by atoms with Gasteiger partial charge in [-0.2, -0.15) is 0 Å². The average Bonchev–Trinajstić information content (AvgIpc) is 2.82. The van der Waals surface area contributed by atoms with Crippen molar-refractivity contribution in [3.8, 4) is 0 Å². The molecule has 68 valence electrons. The zero-order valence-electron chi connectivity index (χ0n) is 7.46. The Morgan fingerprint density at radius 1 is 1.54 bits per heavy atom. The van der Waals surface area contributed by atoms with Crippen LogP contribution in [0.4, 0.5) is 0 Å². The summed E-state index contributed by atoms with van der Waals surface area (Å²) in [7, 11) is 0. The van der Waals surface area contributed by atoms with Crippen LogP contribution in [0.2, 0.25) is 0 Å². The number of carbonyl (C=O) groups excluding carboxylic acids is 1. The van der Waals surface area contributed by atoms with E-state index in [1.807, 2.05) is 12.1 Å². The molecule has 1 aromatic carbocycles. The minimum absolute atomic E-state index is 0.286. The molecular formula is C11H11BrO. The molecule has 0 aromatic heterocycles. The fraction of sp³-hybridized carbons (Fsp3) is 0.364. The van der Waals surface area contributed by atoms with Crippen LogP contribution in [0.25, 0.3) is 0 Å². The monoisotopic (exact) mass is 238 g/mol. The van der Waals surface area contributed by atoms with Gasteiger partial charge in [-0.15, -0.1) is 0 Å². The van der Waals surface area contributed by atoms with Crippen LogP contribution in [0, 0.1) is 5.92 Å². The van der Waals surface area contributed by atoms with E-state index in [1.54, 1.807) is 6.92 Å². The third kappa shape index (κ3) is 1.83. The van der Waals surface area contributed by atoms with Crippen LogP contribution in [0.1, 0.15) is 24.8 Å². The first-order valence-electron chi connectivity index (χ1n) is 4.44. The van der Waals surface area contributed by atoms with E-state index in [9.17, 15) is 4.79 Å². The molecule has 2 heteroatoms. The summed E-state index contributed by atoms with van der Waals surface area (Å²) in [5.41, 5.74) is 1.29. The molecule has 13 heavy (non-hydrogen) atoms. The summed E-state index contributed by atoms with van der Waals surface area (Å²) in [6.07, 6.45) is 1.03. The van der Waals surface area contributed by atoms with E-state index in [0.29, 0.717) is 11.7 Å². The van der Waals surface area contributed by atoms with Crippen LogP contribution in [-0.4, -0.2) is 5.78 Å². The van der Waals surface area contributed by atoms with Gasteiger partial charge in [0.05, 0.1) is 0 Å². The van der Waals surface area contributed by atoms with Crippen LogP contribution in [0.3, 0.4) is 0 Å². The minimum Gasteiger partial charge on any atom is -0.300 e. The molecule has 0 unspecified atom stereocenters. The van der Waals surface area contributed by atoms with Crippen LogP contribution in [0.15, 0.2) is 28.7 Å². The van der Waals surface area contributed by atoms with Crippen molar-refractivity contribution in [2.24, 2.45) is 5.92 Å². The van der Waals surface area contributed by atoms with Gasteiger partial charge < -0.3 is 0 Å². The quantitative estimate of drug-likeness (QED) is 0.774. The summed E-state index contributed by atoms with van der Waals surface area (Å²) in [6, 6.07) is 8.23. The van der Waals surface area contributed by atoms with E-state index >= 15 is 0 Å². The normalized spacial score (nSPS) is 25.7. The third-order valence-electron chi connectivity index (χ3n) is 2.59. The summed E-state index contributed by atoms with van der Waals surface area (Å²) in [5.74, 6) is 1.09. The molecule has 0 radical (unpaired) electrons. The second-order valence-corrected chi connectivity index (χ2v) is 4.53. The van der Waals surface area contributed by atoms with Crippen LogP contribution in [-0.2, 0) is 4.79 Å². The maximum Gasteiger partial charge on any atom is 0.133 e. The topological polar surface area (TPSA) is 17.1 Å². The fourth-order valence-corrected chi connectivity index (χ4v) is 2.17. The molecular weight excluding hydrogens is 228 g/mol. The third-order valence-corrected chi connectivity index (χ3v) is 3.08. The zero-order chi connectivity index (χ0) is 9.42. The number of halogens is 1. The Hall–Kier alpha value is -0.630. The number of hydrogen-bond donors (Lipinski definition) is 0.